The topological polar surface area (TPSA) is 29.6 Å². The molecule has 4 aliphatic carbocycles. The van der Waals surface area contributed by atoms with Gasteiger partial charge in [0.1, 0.15) is 6.10 Å². The van der Waals surface area contributed by atoms with Crippen molar-refractivity contribution in [3.63, 3.8) is 0 Å². The van der Waals surface area contributed by atoms with Gasteiger partial charge in [-0.2, -0.15) is 0 Å². The summed E-state index contributed by atoms with van der Waals surface area (Å²) in [5.74, 6) is 3.60. The molecule has 0 unspecified atom stereocenters. The third-order valence-electron chi connectivity index (χ3n) is 8.54. The molecule has 1 heterocycles. The summed E-state index contributed by atoms with van der Waals surface area (Å²) in [6.45, 7) is 4.86. The lowest BCUT2D eigenvalue weighted by Gasteiger charge is -2.59. The summed E-state index contributed by atoms with van der Waals surface area (Å²) in [4.78, 5) is 12.6. The highest BCUT2D eigenvalue weighted by Gasteiger charge is 2.72. The molecule has 0 aromatic heterocycles. The summed E-state index contributed by atoms with van der Waals surface area (Å²) in [5.41, 5.74) is 0.533. The number of ether oxygens (including phenoxy) is 1. The van der Waals surface area contributed by atoms with Gasteiger partial charge in [0.2, 0.25) is 0 Å². The second kappa shape index (κ2) is 3.93. The normalized spacial score (nSPS) is 61.5. The Balaban J connectivity index is 1.52. The highest BCUT2D eigenvalue weighted by Crippen LogP contribution is 2.68. The Labute approximate surface area is 128 Å². The van der Waals surface area contributed by atoms with Crippen LogP contribution in [0.4, 0.5) is 0 Å². The van der Waals surface area contributed by atoms with Crippen molar-refractivity contribution >= 4 is 5.78 Å². The first kappa shape index (κ1) is 13.1. The van der Waals surface area contributed by atoms with E-state index in [0.717, 1.165) is 24.2 Å². The van der Waals surface area contributed by atoms with Crippen molar-refractivity contribution in [2.24, 2.45) is 34.5 Å². The van der Waals surface area contributed by atoms with E-state index in [1.54, 1.807) is 0 Å². The average Bonchev–Trinajstić information content (AvgIpc) is 3.21. The number of fused-ring (bicyclic) bond motifs is 7. The Hall–Kier alpha value is -0.370. The van der Waals surface area contributed by atoms with Gasteiger partial charge in [-0.3, -0.25) is 4.79 Å². The van der Waals surface area contributed by atoms with Gasteiger partial charge in [-0.05, 0) is 61.7 Å². The molecule has 0 bridgehead atoms. The number of ketones is 1. The first-order valence-corrected chi connectivity index (χ1v) is 9.25. The average molecular weight is 288 g/mol. The van der Waals surface area contributed by atoms with Crippen LogP contribution in [-0.2, 0) is 9.53 Å². The first-order valence-electron chi connectivity index (χ1n) is 9.25. The maximum Gasteiger partial charge on any atom is 0.170 e. The number of epoxide rings is 1. The van der Waals surface area contributed by atoms with Gasteiger partial charge in [-0.15, -0.1) is 0 Å². The number of rotatable bonds is 0. The molecule has 0 amide bonds. The van der Waals surface area contributed by atoms with Gasteiger partial charge in [-0.1, -0.05) is 26.7 Å². The molecular formula is C19H28O2. The van der Waals surface area contributed by atoms with Gasteiger partial charge in [0.25, 0.3) is 0 Å². The van der Waals surface area contributed by atoms with Crippen LogP contribution in [0.5, 0.6) is 0 Å². The highest BCUT2D eigenvalue weighted by atomic mass is 16.6. The second-order valence-electron chi connectivity index (χ2n) is 9.16. The second-order valence-corrected chi connectivity index (χ2v) is 9.16. The molecule has 0 spiro atoms. The van der Waals surface area contributed by atoms with E-state index in [0.29, 0.717) is 23.2 Å². The summed E-state index contributed by atoms with van der Waals surface area (Å²) in [5, 5.41) is 0. The molecule has 116 valence electrons. The fraction of sp³-hybridized carbons (Fsp3) is 0.947. The zero-order valence-corrected chi connectivity index (χ0v) is 13.4. The van der Waals surface area contributed by atoms with Crippen molar-refractivity contribution in [2.45, 2.75) is 77.4 Å². The van der Waals surface area contributed by atoms with Crippen molar-refractivity contribution in [3.05, 3.63) is 0 Å². The Morgan fingerprint density at radius 2 is 1.90 bits per heavy atom. The van der Waals surface area contributed by atoms with Crippen LogP contribution in [0.2, 0.25) is 0 Å². The molecule has 1 saturated heterocycles. The van der Waals surface area contributed by atoms with Crippen LogP contribution < -0.4 is 0 Å². The Kier molecular flexibility index (Phi) is 2.45. The van der Waals surface area contributed by atoms with Gasteiger partial charge >= 0.3 is 0 Å². The Bertz CT molecular complexity index is 500. The van der Waals surface area contributed by atoms with E-state index in [1.807, 2.05) is 0 Å². The summed E-state index contributed by atoms with van der Waals surface area (Å²) in [6.07, 6.45) is 11.3. The van der Waals surface area contributed by atoms with E-state index in [9.17, 15) is 4.79 Å². The van der Waals surface area contributed by atoms with Crippen LogP contribution in [-0.4, -0.2) is 18.0 Å². The first-order chi connectivity index (χ1) is 10.1. The molecule has 0 aromatic carbocycles. The van der Waals surface area contributed by atoms with Crippen LogP contribution in [0, 0.1) is 34.5 Å². The molecular weight excluding hydrogens is 260 g/mol. The van der Waals surface area contributed by atoms with Gasteiger partial charge in [0.15, 0.2) is 5.78 Å². The minimum Gasteiger partial charge on any atom is -0.361 e. The monoisotopic (exact) mass is 288 g/mol. The molecule has 0 aromatic rings. The summed E-state index contributed by atoms with van der Waals surface area (Å²) >= 11 is 0. The fourth-order valence-electron chi connectivity index (χ4n) is 7.37. The predicted molar refractivity (Wildman–Crippen MR) is 80.8 cm³/mol. The molecule has 5 rings (SSSR count). The van der Waals surface area contributed by atoms with Crippen LogP contribution in [0.3, 0.4) is 0 Å². The zero-order chi connectivity index (χ0) is 14.4. The maximum atomic E-state index is 12.6. The summed E-state index contributed by atoms with van der Waals surface area (Å²) in [6, 6.07) is 0. The lowest BCUT2D eigenvalue weighted by Crippen LogP contribution is -2.54. The molecule has 2 heteroatoms. The fourth-order valence-corrected chi connectivity index (χ4v) is 7.37. The van der Waals surface area contributed by atoms with E-state index >= 15 is 0 Å². The molecule has 5 fully saturated rings. The van der Waals surface area contributed by atoms with E-state index in [-0.39, 0.29) is 11.5 Å². The molecule has 0 N–H and O–H groups in total. The molecule has 1 aliphatic heterocycles. The smallest absolute Gasteiger partial charge is 0.170 e. The quantitative estimate of drug-likeness (QED) is 0.631. The Morgan fingerprint density at radius 1 is 1.05 bits per heavy atom. The third kappa shape index (κ3) is 1.46. The van der Waals surface area contributed by atoms with Gasteiger partial charge in [-0.25, -0.2) is 0 Å². The van der Waals surface area contributed by atoms with Gasteiger partial charge in [0, 0.05) is 11.3 Å². The summed E-state index contributed by atoms with van der Waals surface area (Å²) < 4.78 is 5.77. The number of hydrogen-bond donors (Lipinski definition) is 0. The third-order valence-corrected chi connectivity index (χ3v) is 8.54. The van der Waals surface area contributed by atoms with Crippen LogP contribution >= 0.6 is 0 Å². The van der Waals surface area contributed by atoms with Crippen LogP contribution in [0.25, 0.3) is 0 Å². The molecule has 8 atom stereocenters. The lowest BCUT2D eigenvalue weighted by molar-refractivity contribution is -0.149. The minimum atomic E-state index is -0.0351. The minimum absolute atomic E-state index is 0.00404. The number of carbonyl (C=O) groups excluding carboxylic acids is 1. The van der Waals surface area contributed by atoms with Crippen molar-refractivity contribution in [1.82, 2.24) is 0 Å². The largest absolute Gasteiger partial charge is 0.361 e. The zero-order valence-electron chi connectivity index (χ0n) is 13.4. The number of hydrogen-bond acceptors (Lipinski definition) is 2. The molecule has 4 saturated carbocycles. The highest BCUT2D eigenvalue weighted by molar-refractivity contribution is 5.94. The Morgan fingerprint density at radius 3 is 2.76 bits per heavy atom. The molecule has 21 heavy (non-hydrogen) atoms. The molecule has 5 aliphatic rings. The molecule has 2 nitrogen and oxygen atoms in total. The van der Waals surface area contributed by atoms with E-state index < -0.39 is 0 Å². The van der Waals surface area contributed by atoms with Crippen molar-refractivity contribution in [1.29, 1.82) is 0 Å². The van der Waals surface area contributed by atoms with Crippen LogP contribution in [0.15, 0.2) is 0 Å². The van der Waals surface area contributed by atoms with Crippen LogP contribution in [0.1, 0.15) is 65.2 Å². The number of Topliss-reactive ketones (excluding diaryl/α,β-unsaturated/α-hetero) is 1. The lowest BCUT2D eigenvalue weighted by atomic mass is 9.45. The van der Waals surface area contributed by atoms with E-state index in [2.05, 4.69) is 13.8 Å². The maximum absolute atomic E-state index is 12.6. The predicted octanol–water partition coefficient (Wildman–Crippen LogP) is 3.98. The van der Waals surface area contributed by atoms with Gasteiger partial charge < -0.3 is 4.74 Å². The molecule has 0 radical (unpaired) electrons. The standard InChI is InChI=1S/C19H28O2/c1-18-9-4-3-5-11(18)6-7-12-13(18)8-10-19(2)14(12)15-16(21-15)17(19)20/h11-16H,3-10H2,1-2H3/t11-,12-,13+,14-,15+,16-,18+,19+/m1/s1. The number of carbonyl (C=O) groups is 1. The van der Waals surface area contributed by atoms with E-state index in [4.69, 9.17) is 4.74 Å². The van der Waals surface area contributed by atoms with Crippen molar-refractivity contribution < 1.29 is 9.53 Å². The van der Waals surface area contributed by atoms with E-state index in [1.165, 1.54) is 44.9 Å². The summed E-state index contributed by atoms with van der Waals surface area (Å²) in [7, 11) is 0. The SMILES string of the molecule is C[C@]12CCCC[C@@H]1CC[C@H]1[C@@H]3[C@@H]4O[C@H]4C(=O)[C@@]3(C)CC[C@@H]12. The van der Waals surface area contributed by atoms with Crippen molar-refractivity contribution in [2.75, 3.05) is 0 Å². The van der Waals surface area contributed by atoms with Crippen molar-refractivity contribution in [3.8, 4) is 0 Å². The van der Waals surface area contributed by atoms with Gasteiger partial charge in [0.05, 0.1) is 6.10 Å².